The number of piperidine rings is 1. The highest BCUT2D eigenvalue weighted by molar-refractivity contribution is 5.89. The van der Waals surface area contributed by atoms with Gasteiger partial charge in [-0.25, -0.2) is 4.79 Å². The lowest BCUT2D eigenvalue weighted by Gasteiger charge is -2.26. The molecule has 1 N–H and O–H groups in total. The minimum Gasteiger partial charge on any atom is -0.465 e. The fourth-order valence-corrected chi connectivity index (χ4v) is 2.46. The van der Waals surface area contributed by atoms with Crippen LogP contribution in [0.25, 0.3) is 0 Å². The Morgan fingerprint density at radius 2 is 1.81 bits per heavy atom. The standard InChI is InChI=1S/C16H22N2O3/c1-21-16(20)13-5-7-14(8-6-13)17-10-9-15(19)18-11-3-2-4-12-18/h5-8,17H,2-4,9-12H2,1H3. The number of methoxy groups -OCH3 is 1. The molecule has 0 radical (unpaired) electrons. The molecule has 1 heterocycles. The molecule has 5 heteroatoms. The van der Waals surface area contributed by atoms with Crippen molar-refractivity contribution in [3.05, 3.63) is 29.8 Å². The Hall–Kier alpha value is -2.04. The molecule has 2 rings (SSSR count). The molecule has 0 saturated carbocycles. The van der Waals surface area contributed by atoms with Gasteiger partial charge < -0.3 is 15.0 Å². The molecule has 1 aromatic rings. The Morgan fingerprint density at radius 3 is 2.43 bits per heavy atom. The topological polar surface area (TPSA) is 58.6 Å². The summed E-state index contributed by atoms with van der Waals surface area (Å²) in [5.41, 5.74) is 1.42. The number of benzene rings is 1. The first-order valence-corrected chi connectivity index (χ1v) is 7.41. The predicted octanol–water partition coefficient (Wildman–Crippen LogP) is 2.29. The van der Waals surface area contributed by atoms with Crippen molar-refractivity contribution in [2.24, 2.45) is 0 Å². The zero-order valence-electron chi connectivity index (χ0n) is 12.4. The minimum absolute atomic E-state index is 0.216. The molecule has 0 bridgehead atoms. The average Bonchev–Trinajstić information content (AvgIpc) is 2.55. The number of nitrogens with zero attached hydrogens (tertiary/aromatic N) is 1. The SMILES string of the molecule is COC(=O)c1ccc(NCCC(=O)N2CCCCC2)cc1. The maximum Gasteiger partial charge on any atom is 0.337 e. The maximum atomic E-state index is 12.0. The van der Waals surface area contributed by atoms with Gasteiger partial charge in [0.25, 0.3) is 0 Å². The molecule has 0 unspecified atom stereocenters. The average molecular weight is 290 g/mol. The van der Waals surface area contributed by atoms with Crippen molar-refractivity contribution in [3.8, 4) is 0 Å². The number of hydrogen-bond donors (Lipinski definition) is 1. The van der Waals surface area contributed by atoms with Crippen LogP contribution >= 0.6 is 0 Å². The highest BCUT2D eigenvalue weighted by Crippen LogP contribution is 2.12. The molecule has 0 aliphatic carbocycles. The quantitative estimate of drug-likeness (QED) is 0.845. The molecule has 1 aliphatic rings. The van der Waals surface area contributed by atoms with E-state index < -0.39 is 0 Å². The first kappa shape index (κ1) is 15.4. The van der Waals surface area contributed by atoms with Crippen LogP contribution in [0.2, 0.25) is 0 Å². The third kappa shape index (κ3) is 4.48. The fraction of sp³-hybridized carbons (Fsp3) is 0.500. The second-order valence-corrected chi connectivity index (χ2v) is 5.19. The van der Waals surface area contributed by atoms with E-state index in [1.165, 1.54) is 13.5 Å². The molecule has 0 aromatic heterocycles. The van der Waals surface area contributed by atoms with E-state index in [1.54, 1.807) is 12.1 Å². The van der Waals surface area contributed by atoms with Gasteiger partial charge in [0.05, 0.1) is 12.7 Å². The van der Waals surface area contributed by atoms with E-state index in [9.17, 15) is 9.59 Å². The Kier molecular flexibility index (Phi) is 5.60. The molecule has 1 amide bonds. The summed E-state index contributed by atoms with van der Waals surface area (Å²) in [7, 11) is 1.36. The monoisotopic (exact) mass is 290 g/mol. The molecule has 21 heavy (non-hydrogen) atoms. The summed E-state index contributed by atoms with van der Waals surface area (Å²) in [4.78, 5) is 25.3. The Balaban J connectivity index is 1.75. The second kappa shape index (κ2) is 7.67. The fourth-order valence-electron chi connectivity index (χ4n) is 2.46. The van der Waals surface area contributed by atoms with Gasteiger partial charge in [0, 0.05) is 31.7 Å². The Labute approximate surface area is 125 Å². The van der Waals surface area contributed by atoms with Gasteiger partial charge in [0.2, 0.25) is 5.91 Å². The van der Waals surface area contributed by atoms with Crippen molar-refractivity contribution >= 4 is 17.6 Å². The van der Waals surface area contributed by atoms with Gasteiger partial charge in [-0.1, -0.05) is 0 Å². The molecule has 1 aromatic carbocycles. The summed E-state index contributed by atoms with van der Waals surface area (Å²) < 4.78 is 4.65. The minimum atomic E-state index is -0.346. The van der Waals surface area contributed by atoms with Crippen LogP contribution in [-0.4, -0.2) is 43.5 Å². The van der Waals surface area contributed by atoms with E-state index in [-0.39, 0.29) is 11.9 Å². The largest absolute Gasteiger partial charge is 0.465 e. The summed E-state index contributed by atoms with van der Waals surface area (Å²) in [6.45, 7) is 2.40. The molecule has 0 spiro atoms. The number of rotatable bonds is 5. The van der Waals surface area contributed by atoms with Gasteiger partial charge in [0.1, 0.15) is 0 Å². The van der Waals surface area contributed by atoms with Crippen molar-refractivity contribution in [3.63, 3.8) is 0 Å². The molecule has 0 atom stereocenters. The highest BCUT2D eigenvalue weighted by Gasteiger charge is 2.15. The number of carbonyl (C=O) groups excluding carboxylic acids is 2. The number of hydrogen-bond acceptors (Lipinski definition) is 4. The Morgan fingerprint density at radius 1 is 1.14 bits per heavy atom. The van der Waals surface area contributed by atoms with E-state index in [4.69, 9.17) is 0 Å². The number of ether oxygens (including phenoxy) is 1. The molecule has 5 nitrogen and oxygen atoms in total. The van der Waals surface area contributed by atoms with Gasteiger partial charge in [-0.3, -0.25) is 4.79 Å². The maximum absolute atomic E-state index is 12.0. The van der Waals surface area contributed by atoms with Gasteiger partial charge in [-0.15, -0.1) is 0 Å². The van der Waals surface area contributed by atoms with E-state index in [0.29, 0.717) is 18.5 Å². The molecule has 1 fully saturated rings. The third-order valence-corrected chi connectivity index (χ3v) is 3.68. The van der Waals surface area contributed by atoms with Crippen LogP contribution in [0.3, 0.4) is 0 Å². The van der Waals surface area contributed by atoms with Crippen molar-refractivity contribution in [2.75, 3.05) is 32.1 Å². The second-order valence-electron chi connectivity index (χ2n) is 5.19. The van der Waals surface area contributed by atoms with Gasteiger partial charge in [0.15, 0.2) is 0 Å². The molecule has 1 saturated heterocycles. The number of anilines is 1. The summed E-state index contributed by atoms with van der Waals surface area (Å²) in [5, 5.41) is 3.20. The van der Waals surface area contributed by atoms with E-state index >= 15 is 0 Å². The van der Waals surface area contributed by atoms with Crippen molar-refractivity contribution < 1.29 is 14.3 Å². The number of nitrogens with one attached hydrogen (secondary N) is 1. The summed E-state index contributed by atoms with van der Waals surface area (Å²) in [5.74, 6) is -0.129. The number of amides is 1. The highest BCUT2D eigenvalue weighted by atomic mass is 16.5. The van der Waals surface area contributed by atoms with Crippen LogP contribution in [0.4, 0.5) is 5.69 Å². The van der Waals surface area contributed by atoms with Crippen LogP contribution < -0.4 is 5.32 Å². The van der Waals surface area contributed by atoms with E-state index in [0.717, 1.165) is 31.6 Å². The number of likely N-dealkylation sites (tertiary alicyclic amines) is 1. The van der Waals surface area contributed by atoms with Gasteiger partial charge in [-0.05, 0) is 43.5 Å². The van der Waals surface area contributed by atoms with Crippen molar-refractivity contribution in [1.29, 1.82) is 0 Å². The lowest BCUT2D eigenvalue weighted by Crippen LogP contribution is -2.36. The van der Waals surface area contributed by atoms with Gasteiger partial charge >= 0.3 is 5.97 Å². The summed E-state index contributed by atoms with van der Waals surface area (Å²) in [6, 6.07) is 7.05. The van der Waals surface area contributed by atoms with Crippen LogP contribution in [0.5, 0.6) is 0 Å². The number of carbonyl (C=O) groups is 2. The van der Waals surface area contributed by atoms with Crippen molar-refractivity contribution in [2.45, 2.75) is 25.7 Å². The van der Waals surface area contributed by atoms with E-state index in [1.807, 2.05) is 17.0 Å². The third-order valence-electron chi connectivity index (χ3n) is 3.68. The first-order valence-electron chi connectivity index (χ1n) is 7.41. The van der Waals surface area contributed by atoms with Crippen LogP contribution in [0.1, 0.15) is 36.0 Å². The van der Waals surface area contributed by atoms with Crippen LogP contribution in [-0.2, 0) is 9.53 Å². The molecular formula is C16H22N2O3. The normalized spacial score (nSPS) is 14.6. The summed E-state index contributed by atoms with van der Waals surface area (Å²) in [6.07, 6.45) is 3.97. The Bertz CT molecular complexity index is 479. The predicted molar refractivity (Wildman–Crippen MR) is 81.3 cm³/mol. The lowest BCUT2D eigenvalue weighted by atomic mass is 10.1. The molecular weight excluding hydrogens is 268 g/mol. The summed E-state index contributed by atoms with van der Waals surface area (Å²) >= 11 is 0. The smallest absolute Gasteiger partial charge is 0.337 e. The van der Waals surface area contributed by atoms with Crippen LogP contribution in [0.15, 0.2) is 24.3 Å². The lowest BCUT2D eigenvalue weighted by molar-refractivity contribution is -0.131. The van der Waals surface area contributed by atoms with Crippen molar-refractivity contribution in [1.82, 2.24) is 4.90 Å². The molecule has 114 valence electrons. The van der Waals surface area contributed by atoms with Crippen LogP contribution in [0, 0.1) is 0 Å². The number of esters is 1. The zero-order valence-corrected chi connectivity index (χ0v) is 12.4. The zero-order chi connectivity index (χ0) is 15.1. The molecule has 1 aliphatic heterocycles. The van der Waals surface area contributed by atoms with E-state index in [2.05, 4.69) is 10.1 Å². The van der Waals surface area contributed by atoms with Gasteiger partial charge in [-0.2, -0.15) is 0 Å². The first-order chi connectivity index (χ1) is 10.2.